The molecule has 44 heavy (non-hydrogen) atoms. The van der Waals surface area contributed by atoms with Gasteiger partial charge in [-0.25, -0.2) is 16.8 Å². The summed E-state index contributed by atoms with van der Waals surface area (Å²) in [7, 11) is -4.94. The summed E-state index contributed by atoms with van der Waals surface area (Å²) in [6.45, 7) is 3.44. The molecule has 11 nitrogen and oxygen atoms in total. The standard InChI is InChI=1S/C30H36ClN3O8S2/c1-20-17-34(21(2)19-35)30(36)16-22-15-24(32-43(37,38)26-12-8-25(41-4)9-13-26)7-14-28(22)42-29(20)18-33(3)44(39,40)27-10-5-23(31)6-11-27/h5-15,20-21,29,32,35H,16-19H2,1-4H3/t20-,21-,29+/m1/s1. The topological polar surface area (TPSA) is 143 Å². The van der Waals surface area contributed by atoms with E-state index in [-0.39, 0.29) is 53.4 Å². The predicted octanol–water partition coefficient (Wildman–Crippen LogP) is 3.62. The average Bonchev–Trinajstić information content (AvgIpc) is 3.04. The van der Waals surface area contributed by atoms with Crippen LogP contribution in [0.5, 0.6) is 11.5 Å². The largest absolute Gasteiger partial charge is 0.497 e. The summed E-state index contributed by atoms with van der Waals surface area (Å²) in [5, 5.41) is 10.3. The zero-order valence-corrected chi connectivity index (χ0v) is 27.2. The summed E-state index contributed by atoms with van der Waals surface area (Å²) in [4.78, 5) is 15.1. The van der Waals surface area contributed by atoms with Crippen molar-refractivity contribution in [1.82, 2.24) is 9.21 Å². The fourth-order valence-electron chi connectivity index (χ4n) is 4.82. The first-order valence-electron chi connectivity index (χ1n) is 13.8. The second-order valence-corrected chi connectivity index (χ2v) is 14.9. The number of fused-ring (bicyclic) bond motifs is 1. The lowest BCUT2D eigenvalue weighted by molar-refractivity contribution is -0.134. The van der Waals surface area contributed by atoms with Gasteiger partial charge in [0.15, 0.2) is 0 Å². The lowest BCUT2D eigenvalue weighted by atomic mass is 10.0. The molecular weight excluding hydrogens is 630 g/mol. The van der Waals surface area contributed by atoms with Crippen molar-refractivity contribution in [3.05, 3.63) is 77.3 Å². The van der Waals surface area contributed by atoms with Crippen LogP contribution in [0.2, 0.25) is 5.02 Å². The molecule has 0 radical (unpaired) electrons. The number of carbonyl (C=O) groups excluding carboxylic acids is 1. The van der Waals surface area contributed by atoms with Crippen molar-refractivity contribution in [1.29, 1.82) is 0 Å². The van der Waals surface area contributed by atoms with Crippen molar-refractivity contribution in [2.45, 2.75) is 42.2 Å². The maximum absolute atomic E-state index is 13.5. The Morgan fingerprint density at radius 2 is 1.70 bits per heavy atom. The minimum Gasteiger partial charge on any atom is -0.497 e. The first kappa shape index (κ1) is 33.5. The molecule has 0 saturated heterocycles. The number of amides is 1. The molecule has 3 atom stereocenters. The molecular formula is C30H36ClN3O8S2. The number of hydrogen-bond acceptors (Lipinski definition) is 8. The van der Waals surface area contributed by atoms with Crippen molar-refractivity contribution >= 4 is 43.2 Å². The zero-order valence-electron chi connectivity index (χ0n) is 24.8. The fourth-order valence-corrected chi connectivity index (χ4v) is 7.18. The molecule has 3 aromatic rings. The van der Waals surface area contributed by atoms with Crippen LogP contribution in [0, 0.1) is 5.92 Å². The first-order chi connectivity index (χ1) is 20.7. The number of hydrogen-bond donors (Lipinski definition) is 2. The van der Waals surface area contributed by atoms with Gasteiger partial charge in [-0.05, 0) is 73.7 Å². The Labute approximate surface area is 263 Å². The van der Waals surface area contributed by atoms with Gasteiger partial charge in [-0.3, -0.25) is 9.52 Å². The number of nitrogens with zero attached hydrogens (tertiary/aromatic N) is 2. The Kier molecular flexibility index (Phi) is 10.5. The zero-order chi connectivity index (χ0) is 32.2. The number of methoxy groups -OCH3 is 1. The first-order valence-corrected chi connectivity index (χ1v) is 17.1. The van der Waals surface area contributed by atoms with Crippen molar-refractivity contribution in [2.24, 2.45) is 5.92 Å². The quantitative estimate of drug-likeness (QED) is 0.335. The number of ether oxygens (including phenoxy) is 2. The maximum atomic E-state index is 13.5. The highest BCUT2D eigenvalue weighted by atomic mass is 35.5. The van der Waals surface area contributed by atoms with Gasteiger partial charge in [0.1, 0.15) is 17.6 Å². The van der Waals surface area contributed by atoms with Crippen LogP contribution in [0.25, 0.3) is 0 Å². The SMILES string of the molecule is COc1ccc(S(=O)(=O)Nc2ccc3c(c2)CC(=O)N([C@H](C)CO)C[C@@H](C)[C@H](CN(C)S(=O)(=O)c2ccc(Cl)cc2)O3)cc1. The molecule has 1 aliphatic heterocycles. The van der Waals surface area contributed by atoms with Crippen LogP contribution < -0.4 is 14.2 Å². The number of benzene rings is 3. The van der Waals surface area contributed by atoms with Gasteiger partial charge in [-0.1, -0.05) is 18.5 Å². The van der Waals surface area contributed by atoms with E-state index < -0.39 is 32.2 Å². The van der Waals surface area contributed by atoms with Gasteiger partial charge in [0.05, 0.1) is 42.5 Å². The minimum atomic E-state index is -3.97. The number of likely N-dealkylation sites (N-methyl/N-ethyl adjacent to an activating group) is 1. The highest BCUT2D eigenvalue weighted by molar-refractivity contribution is 7.92. The van der Waals surface area contributed by atoms with Gasteiger partial charge in [-0.2, -0.15) is 4.31 Å². The minimum absolute atomic E-state index is 0.0240. The molecule has 3 aromatic carbocycles. The average molecular weight is 666 g/mol. The van der Waals surface area contributed by atoms with Gasteiger partial charge in [0, 0.05) is 35.8 Å². The fraction of sp³-hybridized carbons (Fsp3) is 0.367. The number of aliphatic hydroxyl groups is 1. The number of carbonyl (C=O) groups is 1. The van der Waals surface area contributed by atoms with E-state index in [1.54, 1.807) is 13.0 Å². The Balaban J connectivity index is 1.67. The van der Waals surface area contributed by atoms with E-state index in [9.17, 15) is 26.7 Å². The van der Waals surface area contributed by atoms with Crippen LogP contribution in [0.4, 0.5) is 5.69 Å². The van der Waals surface area contributed by atoms with Crippen molar-refractivity contribution in [3.63, 3.8) is 0 Å². The third kappa shape index (κ3) is 7.64. The molecule has 0 unspecified atom stereocenters. The summed E-state index contributed by atoms with van der Waals surface area (Å²) in [6.07, 6.45) is -0.835. The van der Waals surface area contributed by atoms with Crippen LogP contribution in [-0.2, 0) is 31.3 Å². The molecule has 1 heterocycles. The number of sulfonamides is 2. The number of anilines is 1. The molecule has 0 aromatic heterocycles. The van der Waals surface area contributed by atoms with E-state index in [1.807, 2.05) is 6.92 Å². The highest BCUT2D eigenvalue weighted by Crippen LogP contribution is 2.31. The molecule has 4 rings (SSSR count). The van der Waals surface area contributed by atoms with E-state index in [2.05, 4.69) is 4.72 Å². The lowest BCUT2D eigenvalue weighted by Crippen LogP contribution is -2.48. The van der Waals surface area contributed by atoms with Crippen LogP contribution >= 0.6 is 11.6 Å². The van der Waals surface area contributed by atoms with Gasteiger partial charge in [0.2, 0.25) is 15.9 Å². The summed E-state index contributed by atoms with van der Waals surface area (Å²) in [5.41, 5.74) is 0.617. The monoisotopic (exact) mass is 665 g/mol. The summed E-state index contributed by atoms with van der Waals surface area (Å²) in [6, 6.07) is 15.8. The smallest absolute Gasteiger partial charge is 0.261 e. The van der Waals surface area contributed by atoms with Crippen LogP contribution in [-0.4, -0.2) is 83.1 Å². The maximum Gasteiger partial charge on any atom is 0.261 e. The van der Waals surface area contributed by atoms with E-state index in [1.165, 1.54) is 84.0 Å². The van der Waals surface area contributed by atoms with Gasteiger partial charge < -0.3 is 19.5 Å². The van der Waals surface area contributed by atoms with Crippen LogP contribution in [0.15, 0.2) is 76.5 Å². The number of halogens is 1. The van der Waals surface area contributed by atoms with E-state index >= 15 is 0 Å². The second-order valence-electron chi connectivity index (χ2n) is 10.7. The van der Waals surface area contributed by atoms with Gasteiger partial charge in [0.25, 0.3) is 10.0 Å². The summed E-state index contributed by atoms with van der Waals surface area (Å²) >= 11 is 5.94. The Morgan fingerprint density at radius 1 is 1.07 bits per heavy atom. The normalized spacial score (nSPS) is 18.4. The molecule has 14 heteroatoms. The molecule has 0 fully saturated rings. The molecule has 2 N–H and O–H groups in total. The van der Waals surface area contributed by atoms with Gasteiger partial charge >= 0.3 is 0 Å². The van der Waals surface area contributed by atoms with Crippen LogP contribution in [0.1, 0.15) is 19.4 Å². The molecule has 1 amide bonds. The molecule has 0 saturated carbocycles. The van der Waals surface area contributed by atoms with Crippen molar-refractivity contribution in [2.75, 3.05) is 38.6 Å². The molecule has 0 bridgehead atoms. The van der Waals surface area contributed by atoms with Crippen molar-refractivity contribution < 1.29 is 36.2 Å². The van der Waals surface area contributed by atoms with E-state index in [0.29, 0.717) is 22.1 Å². The molecule has 238 valence electrons. The molecule has 1 aliphatic rings. The van der Waals surface area contributed by atoms with Gasteiger partial charge in [-0.15, -0.1) is 0 Å². The van der Waals surface area contributed by atoms with Crippen molar-refractivity contribution in [3.8, 4) is 11.5 Å². The third-order valence-electron chi connectivity index (χ3n) is 7.50. The number of rotatable bonds is 10. The number of nitrogens with one attached hydrogen (secondary N) is 1. The molecule has 0 aliphatic carbocycles. The highest BCUT2D eigenvalue weighted by Gasteiger charge is 2.33. The third-order valence-corrected chi connectivity index (χ3v) is 11.0. The summed E-state index contributed by atoms with van der Waals surface area (Å²) in [5.74, 6) is 0.184. The Hall–Kier alpha value is -3.36. The lowest BCUT2D eigenvalue weighted by Gasteiger charge is -2.33. The Bertz CT molecular complexity index is 1680. The van der Waals surface area contributed by atoms with E-state index in [4.69, 9.17) is 21.1 Å². The summed E-state index contributed by atoms with van der Waals surface area (Å²) < 4.78 is 68.1. The van der Waals surface area contributed by atoms with Crippen LogP contribution in [0.3, 0.4) is 0 Å². The van der Waals surface area contributed by atoms with E-state index in [0.717, 1.165) is 0 Å². The predicted molar refractivity (Wildman–Crippen MR) is 167 cm³/mol. The molecule has 0 spiro atoms. The Morgan fingerprint density at radius 3 is 2.32 bits per heavy atom. The number of aliphatic hydroxyl groups excluding tert-OH is 1. The second kappa shape index (κ2) is 13.7.